The first-order valence-electron chi connectivity index (χ1n) is 8.32. The third kappa shape index (κ3) is 3.27. The van der Waals surface area contributed by atoms with Gasteiger partial charge in [-0.15, -0.1) is 0 Å². The molecule has 2 fully saturated rings. The smallest absolute Gasteiger partial charge is 0.247 e. The molecule has 2 heterocycles. The van der Waals surface area contributed by atoms with E-state index in [1.807, 2.05) is 12.1 Å². The number of furan rings is 1. The SMILES string of the molecule is CC(O)C1CCCCN1C(=O)/C=C/c1ccc(C2CC2C)o1. The van der Waals surface area contributed by atoms with Gasteiger partial charge in [-0.25, -0.2) is 0 Å². The summed E-state index contributed by atoms with van der Waals surface area (Å²) >= 11 is 0. The Balaban J connectivity index is 1.63. The van der Waals surface area contributed by atoms with Crippen LogP contribution in [0.2, 0.25) is 0 Å². The molecular formula is C18H25NO3. The molecular weight excluding hydrogens is 278 g/mol. The van der Waals surface area contributed by atoms with Crippen molar-refractivity contribution in [3.05, 3.63) is 29.7 Å². The standard InChI is InChI=1S/C18H25NO3/c1-12-11-15(12)17-8-6-14(22-17)7-9-18(21)19-10-4-3-5-16(19)13(2)20/h6-9,12-13,15-16,20H,3-5,10-11H2,1-2H3/b9-7+. The van der Waals surface area contributed by atoms with Gasteiger partial charge in [-0.05, 0) is 56.7 Å². The number of rotatable bonds is 4. The van der Waals surface area contributed by atoms with Crippen LogP contribution >= 0.6 is 0 Å². The molecule has 120 valence electrons. The van der Waals surface area contributed by atoms with Crippen LogP contribution in [0.3, 0.4) is 0 Å². The molecule has 1 aromatic rings. The first-order valence-corrected chi connectivity index (χ1v) is 8.32. The van der Waals surface area contributed by atoms with Gasteiger partial charge in [0.05, 0.1) is 12.1 Å². The number of carbonyl (C=O) groups excluding carboxylic acids is 1. The fraction of sp³-hybridized carbons (Fsp3) is 0.611. The van der Waals surface area contributed by atoms with Crippen LogP contribution in [0.1, 0.15) is 57.0 Å². The number of hydrogen-bond donors (Lipinski definition) is 1. The minimum absolute atomic E-state index is 0.0386. The molecule has 4 heteroatoms. The highest BCUT2D eigenvalue weighted by Gasteiger charge is 2.36. The largest absolute Gasteiger partial charge is 0.461 e. The predicted molar refractivity (Wildman–Crippen MR) is 85.3 cm³/mol. The number of carbonyl (C=O) groups is 1. The van der Waals surface area contributed by atoms with E-state index < -0.39 is 6.10 Å². The topological polar surface area (TPSA) is 53.7 Å². The summed E-state index contributed by atoms with van der Waals surface area (Å²) in [4.78, 5) is 14.2. The van der Waals surface area contributed by atoms with Crippen LogP contribution in [0, 0.1) is 5.92 Å². The van der Waals surface area contributed by atoms with Crippen LogP contribution < -0.4 is 0 Å². The Bertz CT molecular complexity index is 560. The number of likely N-dealkylation sites (tertiary alicyclic amines) is 1. The number of piperidine rings is 1. The Morgan fingerprint density at radius 2 is 2.23 bits per heavy atom. The number of nitrogens with zero attached hydrogens (tertiary/aromatic N) is 1. The lowest BCUT2D eigenvalue weighted by Crippen LogP contribution is -2.48. The first-order chi connectivity index (χ1) is 10.6. The van der Waals surface area contributed by atoms with Crippen molar-refractivity contribution in [2.75, 3.05) is 6.54 Å². The second-order valence-electron chi connectivity index (χ2n) is 6.73. The maximum atomic E-state index is 12.4. The van der Waals surface area contributed by atoms with Crippen LogP contribution in [-0.4, -0.2) is 34.6 Å². The molecule has 2 aliphatic rings. The van der Waals surface area contributed by atoms with Crippen molar-refractivity contribution in [1.29, 1.82) is 0 Å². The first kappa shape index (κ1) is 15.3. The van der Waals surface area contributed by atoms with Gasteiger partial charge in [0, 0.05) is 18.5 Å². The number of aliphatic hydroxyl groups excluding tert-OH is 1. The van der Waals surface area contributed by atoms with Crippen LogP contribution in [-0.2, 0) is 4.79 Å². The molecule has 22 heavy (non-hydrogen) atoms. The molecule has 4 atom stereocenters. The van der Waals surface area contributed by atoms with E-state index in [0.717, 1.165) is 37.3 Å². The molecule has 1 aliphatic carbocycles. The van der Waals surface area contributed by atoms with Crippen LogP contribution in [0.4, 0.5) is 0 Å². The van der Waals surface area contributed by atoms with Crippen LogP contribution in [0.5, 0.6) is 0 Å². The molecule has 1 amide bonds. The zero-order chi connectivity index (χ0) is 15.7. The zero-order valence-electron chi connectivity index (χ0n) is 13.4. The summed E-state index contributed by atoms with van der Waals surface area (Å²) in [6.45, 7) is 4.70. The van der Waals surface area contributed by atoms with E-state index in [-0.39, 0.29) is 11.9 Å². The highest BCUT2D eigenvalue weighted by atomic mass is 16.3. The fourth-order valence-corrected chi connectivity index (χ4v) is 3.36. The highest BCUT2D eigenvalue weighted by molar-refractivity contribution is 5.91. The van der Waals surface area contributed by atoms with Gasteiger partial charge < -0.3 is 14.4 Å². The van der Waals surface area contributed by atoms with Crippen molar-refractivity contribution in [3.63, 3.8) is 0 Å². The van der Waals surface area contributed by atoms with Gasteiger partial charge in [0.2, 0.25) is 5.91 Å². The maximum Gasteiger partial charge on any atom is 0.247 e. The second kappa shape index (κ2) is 6.29. The molecule has 1 aliphatic heterocycles. The number of aliphatic hydroxyl groups is 1. The predicted octanol–water partition coefficient (Wildman–Crippen LogP) is 3.18. The summed E-state index contributed by atoms with van der Waals surface area (Å²) in [6, 6.07) is 3.87. The van der Waals surface area contributed by atoms with Gasteiger partial charge in [0.1, 0.15) is 11.5 Å². The maximum absolute atomic E-state index is 12.4. The average Bonchev–Trinajstić information content (AvgIpc) is 3.06. The molecule has 3 rings (SSSR count). The van der Waals surface area contributed by atoms with E-state index in [4.69, 9.17) is 4.42 Å². The van der Waals surface area contributed by atoms with Gasteiger partial charge >= 0.3 is 0 Å². The number of hydrogen-bond acceptors (Lipinski definition) is 3. The lowest BCUT2D eigenvalue weighted by atomic mass is 9.98. The Kier molecular flexibility index (Phi) is 4.39. The summed E-state index contributed by atoms with van der Waals surface area (Å²) in [6.07, 6.45) is 6.98. The lowest BCUT2D eigenvalue weighted by molar-refractivity contribution is -0.132. The zero-order valence-corrected chi connectivity index (χ0v) is 13.4. The number of amides is 1. The molecule has 0 radical (unpaired) electrons. The van der Waals surface area contributed by atoms with E-state index >= 15 is 0 Å². The Morgan fingerprint density at radius 3 is 2.91 bits per heavy atom. The third-order valence-corrected chi connectivity index (χ3v) is 4.90. The molecule has 4 unspecified atom stereocenters. The monoisotopic (exact) mass is 303 g/mol. The van der Waals surface area contributed by atoms with E-state index in [0.29, 0.717) is 11.8 Å². The van der Waals surface area contributed by atoms with Crippen LogP contribution in [0.15, 0.2) is 22.6 Å². The van der Waals surface area contributed by atoms with Gasteiger partial charge in [0.25, 0.3) is 0 Å². The van der Waals surface area contributed by atoms with Crippen molar-refractivity contribution in [1.82, 2.24) is 4.90 Å². The summed E-state index contributed by atoms with van der Waals surface area (Å²) in [5, 5.41) is 9.84. The van der Waals surface area contributed by atoms with Crippen molar-refractivity contribution in [2.45, 2.75) is 57.6 Å². The summed E-state index contributed by atoms with van der Waals surface area (Å²) in [5.41, 5.74) is 0. The van der Waals surface area contributed by atoms with Crippen LogP contribution in [0.25, 0.3) is 6.08 Å². The van der Waals surface area contributed by atoms with Crippen molar-refractivity contribution >= 4 is 12.0 Å². The molecule has 1 saturated carbocycles. The van der Waals surface area contributed by atoms with Crippen molar-refractivity contribution < 1.29 is 14.3 Å². The van der Waals surface area contributed by atoms with E-state index in [2.05, 4.69) is 6.92 Å². The van der Waals surface area contributed by atoms with Gasteiger partial charge in [0.15, 0.2) is 0 Å². The molecule has 0 bridgehead atoms. The minimum atomic E-state index is -0.482. The normalized spacial score (nSPS) is 29.8. The quantitative estimate of drug-likeness (QED) is 0.869. The minimum Gasteiger partial charge on any atom is -0.461 e. The second-order valence-corrected chi connectivity index (χ2v) is 6.73. The summed E-state index contributed by atoms with van der Waals surface area (Å²) < 4.78 is 5.78. The Morgan fingerprint density at radius 1 is 1.45 bits per heavy atom. The van der Waals surface area contributed by atoms with E-state index in [1.54, 1.807) is 24.0 Å². The third-order valence-electron chi connectivity index (χ3n) is 4.90. The van der Waals surface area contributed by atoms with Crippen molar-refractivity contribution in [2.24, 2.45) is 5.92 Å². The molecule has 1 N–H and O–H groups in total. The Labute approximate surface area is 131 Å². The van der Waals surface area contributed by atoms with Crippen molar-refractivity contribution in [3.8, 4) is 0 Å². The molecule has 1 saturated heterocycles. The van der Waals surface area contributed by atoms with E-state index in [1.165, 1.54) is 6.42 Å². The highest BCUT2D eigenvalue weighted by Crippen LogP contribution is 2.47. The lowest BCUT2D eigenvalue weighted by Gasteiger charge is -2.36. The average molecular weight is 303 g/mol. The molecule has 0 aromatic carbocycles. The molecule has 0 spiro atoms. The Hall–Kier alpha value is -1.55. The summed E-state index contributed by atoms with van der Waals surface area (Å²) in [7, 11) is 0. The van der Waals surface area contributed by atoms with Gasteiger partial charge in [-0.3, -0.25) is 4.79 Å². The van der Waals surface area contributed by atoms with Gasteiger partial charge in [-0.1, -0.05) is 6.92 Å². The fourth-order valence-electron chi connectivity index (χ4n) is 3.36. The molecule has 1 aromatic heterocycles. The van der Waals surface area contributed by atoms with E-state index in [9.17, 15) is 9.90 Å². The molecule has 4 nitrogen and oxygen atoms in total. The van der Waals surface area contributed by atoms with Gasteiger partial charge in [-0.2, -0.15) is 0 Å². The summed E-state index contributed by atoms with van der Waals surface area (Å²) in [5.74, 6) is 2.99.